The van der Waals surface area contributed by atoms with Gasteiger partial charge in [0.1, 0.15) is 22.4 Å². The maximum atomic E-state index is 11.6. The first kappa shape index (κ1) is 16.2. The maximum absolute atomic E-state index is 11.6. The summed E-state index contributed by atoms with van der Waals surface area (Å²) in [7, 11) is 2.97. The second-order valence-electron chi connectivity index (χ2n) is 4.83. The van der Waals surface area contributed by atoms with Crippen molar-refractivity contribution in [1.29, 1.82) is 0 Å². The fourth-order valence-electron chi connectivity index (χ4n) is 2.09. The SMILES string of the molecule is COC(=O)[C@H](C)Sc1ncnc2c1nnn2-c1ccc(OC)cc1. The van der Waals surface area contributed by atoms with Crippen molar-refractivity contribution < 1.29 is 14.3 Å². The summed E-state index contributed by atoms with van der Waals surface area (Å²) in [5.74, 6) is 0.426. The van der Waals surface area contributed by atoms with Crippen LogP contribution in [-0.4, -0.2) is 50.4 Å². The Balaban J connectivity index is 1.98. The summed E-state index contributed by atoms with van der Waals surface area (Å²) < 4.78 is 11.5. The zero-order valence-electron chi connectivity index (χ0n) is 13.3. The number of esters is 1. The van der Waals surface area contributed by atoms with Gasteiger partial charge in [-0.2, -0.15) is 4.68 Å². The van der Waals surface area contributed by atoms with E-state index in [4.69, 9.17) is 9.47 Å². The van der Waals surface area contributed by atoms with Crippen LogP contribution in [0, 0.1) is 0 Å². The number of rotatable bonds is 5. The minimum absolute atomic E-state index is 0.325. The standard InChI is InChI=1S/C15H15N5O3S/c1-9(15(21)23-3)24-14-12-13(16-8-17-14)20(19-18-12)10-4-6-11(22-2)7-5-10/h4-9H,1-3H3/t9-/m0/s1. The molecule has 0 spiro atoms. The number of carbonyl (C=O) groups excluding carboxylic acids is 1. The van der Waals surface area contributed by atoms with Gasteiger partial charge in [-0.3, -0.25) is 4.79 Å². The quantitative estimate of drug-likeness (QED) is 0.393. The maximum Gasteiger partial charge on any atom is 0.318 e. The first-order valence-electron chi connectivity index (χ1n) is 7.09. The number of hydrogen-bond acceptors (Lipinski definition) is 8. The van der Waals surface area contributed by atoms with Gasteiger partial charge >= 0.3 is 5.97 Å². The highest BCUT2D eigenvalue weighted by atomic mass is 32.2. The minimum atomic E-state index is -0.403. The zero-order chi connectivity index (χ0) is 17.1. The molecule has 8 nitrogen and oxygen atoms in total. The summed E-state index contributed by atoms with van der Waals surface area (Å²) in [6.07, 6.45) is 1.43. The zero-order valence-corrected chi connectivity index (χ0v) is 14.1. The molecule has 0 aliphatic rings. The van der Waals surface area contributed by atoms with E-state index in [0.717, 1.165) is 11.4 Å². The average molecular weight is 345 g/mol. The van der Waals surface area contributed by atoms with Gasteiger partial charge in [-0.25, -0.2) is 9.97 Å². The van der Waals surface area contributed by atoms with E-state index in [1.165, 1.54) is 25.2 Å². The Labute approximate surface area is 142 Å². The molecule has 0 saturated carbocycles. The third-order valence-electron chi connectivity index (χ3n) is 3.34. The van der Waals surface area contributed by atoms with Gasteiger partial charge in [0.05, 0.1) is 19.9 Å². The molecule has 0 aliphatic carbocycles. The molecule has 0 saturated heterocycles. The van der Waals surface area contributed by atoms with Crippen molar-refractivity contribution in [3.05, 3.63) is 30.6 Å². The summed E-state index contributed by atoms with van der Waals surface area (Å²) in [5.41, 5.74) is 1.90. The van der Waals surface area contributed by atoms with Crippen molar-refractivity contribution in [2.45, 2.75) is 17.2 Å². The predicted octanol–water partition coefficient (Wildman–Crippen LogP) is 1.87. The molecule has 0 fully saturated rings. The van der Waals surface area contributed by atoms with Gasteiger partial charge in [0, 0.05) is 0 Å². The number of benzene rings is 1. The molecule has 9 heteroatoms. The lowest BCUT2D eigenvalue weighted by molar-refractivity contribution is -0.139. The van der Waals surface area contributed by atoms with Crippen LogP contribution in [0.4, 0.5) is 0 Å². The van der Waals surface area contributed by atoms with Crippen molar-refractivity contribution in [2.75, 3.05) is 14.2 Å². The van der Waals surface area contributed by atoms with Crippen LogP contribution in [0.5, 0.6) is 5.75 Å². The Hall–Kier alpha value is -2.68. The number of aromatic nitrogens is 5. The van der Waals surface area contributed by atoms with Crippen LogP contribution in [0.1, 0.15) is 6.92 Å². The smallest absolute Gasteiger partial charge is 0.318 e. The minimum Gasteiger partial charge on any atom is -0.497 e. The molecule has 24 heavy (non-hydrogen) atoms. The summed E-state index contributed by atoms with van der Waals surface area (Å²) in [4.78, 5) is 20.1. The van der Waals surface area contributed by atoms with E-state index in [2.05, 4.69) is 20.3 Å². The number of carbonyl (C=O) groups is 1. The third kappa shape index (κ3) is 3.02. The highest BCUT2D eigenvalue weighted by molar-refractivity contribution is 8.00. The highest BCUT2D eigenvalue weighted by Gasteiger charge is 2.20. The predicted molar refractivity (Wildman–Crippen MR) is 88.3 cm³/mol. The fraction of sp³-hybridized carbons (Fsp3) is 0.267. The van der Waals surface area contributed by atoms with Crippen molar-refractivity contribution in [3.63, 3.8) is 0 Å². The Morgan fingerprint density at radius 2 is 1.96 bits per heavy atom. The van der Waals surface area contributed by atoms with Gasteiger partial charge < -0.3 is 9.47 Å². The van der Waals surface area contributed by atoms with E-state index in [-0.39, 0.29) is 5.97 Å². The molecule has 1 atom stereocenters. The molecule has 0 N–H and O–H groups in total. The van der Waals surface area contributed by atoms with Crippen molar-refractivity contribution in [3.8, 4) is 11.4 Å². The van der Waals surface area contributed by atoms with Gasteiger partial charge in [-0.05, 0) is 31.2 Å². The molecule has 2 aromatic heterocycles. The first-order chi connectivity index (χ1) is 11.6. The third-order valence-corrected chi connectivity index (χ3v) is 4.41. The van der Waals surface area contributed by atoms with Crippen LogP contribution >= 0.6 is 11.8 Å². The van der Waals surface area contributed by atoms with Gasteiger partial charge in [-0.15, -0.1) is 5.10 Å². The second-order valence-corrected chi connectivity index (χ2v) is 6.16. The number of methoxy groups -OCH3 is 2. The molecule has 3 rings (SSSR count). The molecule has 124 valence electrons. The molecular formula is C15H15N5O3S. The van der Waals surface area contributed by atoms with Crippen molar-refractivity contribution in [1.82, 2.24) is 25.0 Å². The topological polar surface area (TPSA) is 92.0 Å². The summed E-state index contributed by atoms with van der Waals surface area (Å²) in [5, 5.41) is 8.49. The molecule has 3 aromatic rings. The molecule has 1 aromatic carbocycles. The monoisotopic (exact) mass is 345 g/mol. The first-order valence-corrected chi connectivity index (χ1v) is 7.97. The number of hydrogen-bond donors (Lipinski definition) is 0. The molecule has 0 radical (unpaired) electrons. The van der Waals surface area contributed by atoms with Crippen LogP contribution in [0.15, 0.2) is 35.6 Å². The van der Waals surface area contributed by atoms with E-state index >= 15 is 0 Å². The van der Waals surface area contributed by atoms with E-state index in [0.29, 0.717) is 16.2 Å². The summed E-state index contributed by atoms with van der Waals surface area (Å²) in [6.45, 7) is 1.75. The van der Waals surface area contributed by atoms with Crippen molar-refractivity contribution >= 4 is 28.9 Å². The van der Waals surface area contributed by atoms with E-state index < -0.39 is 5.25 Å². The lowest BCUT2D eigenvalue weighted by Gasteiger charge is -2.08. The number of fused-ring (bicyclic) bond motifs is 1. The summed E-state index contributed by atoms with van der Waals surface area (Å²) in [6, 6.07) is 7.38. The van der Waals surface area contributed by atoms with Gasteiger partial charge in [0.25, 0.3) is 0 Å². The number of thioether (sulfide) groups is 1. The van der Waals surface area contributed by atoms with E-state index in [1.807, 2.05) is 24.3 Å². The van der Waals surface area contributed by atoms with Gasteiger partial charge in [-0.1, -0.05) is 17.0 Å². The second kappa shape index (κ2) is 6.83. The average Bonchev–Trinajstić information content (AvgIpc) is 3.06. The lowest BCUT2D eigenvalue weighted by Crippen LogP contribution is -2.14. The highest BCUT2D eigenvalue weighted by Crippen LogP contribution is 2.28. The van der Waals surface area contributed by atoms with Gasteiger partial charge in [0.2, 0.25) is 0 Å². The number of ether oxygens (including phenoxy) is 2. The molecular weight excluding hydrogens is 330 g/mol. The Morgan fingerprint density at radius 1 is 1.21 bits per heavy atom. The Kier molecular flexibility index (Phi) is 4.61. The largest absolute Gasteiger partial charge is 0.497 e. The summed E-state index contributed by atoms with van der Waals surface area (Å²) >= 11 is 1.26. The molecule has 0 bridgehead atoms. The van der Waals surface area contributed by atoms with E-state index in [9.17, 15) is 4.79 Å². The van der Waals surface area contributed by atoms with Crippen LogP contribution in [0.3, 0.4) is 0 Å². The van der Waals surface area contributed by atoms with Gasteiger partial charge in [0.15, 0.2) is 11.2 Å². The lowest BCUT2D eigenvalue weighted by atomic mass is 10.3. The normalized spacial score (nSPS) is 12.1. The molecule has 2 heterocycles. The Bertz CT molecular complexity index is 865. The van der Waals surface area contributed by atoms with Crippen LogP contribution in [0.2, 0.25) is 0 Å². The van der Waals surface area contributed by atoms with E-state index in [1.54, 1.807) is 18.7 Å². The van der Waals surface area contributed by atoms with Crippen LogP contribution in [-0.2, 0) is 9.53 Å². The van der Waals surface area contributed by atoms with Crippen LogP contribution < -0.4 is 4.74 Å². The van der Waals surface area contributed by atoms with Crippen LogP contribution in [0.25, 0.3) is 16.9 Å². The molecule has 0 unspecified atom stereocenters. The molecule has 0 amide bonds. The van der Waals surface area contributed by atoms with Crippen molar-refractivity contribution in [2.24, 2.45) is 0 Å². The molecule has 0 aliphatic heterocycles. The Morgan fingerprint density at radius 3 is 2.62 bits per heavy atom. The fourth-order valence-corrected chi connectivity index (χ4v) is 2.97. The number of nitrogens with zero attached hydrogens (tertiary/aromatic N) is 5.